The van der Waals surface area contributed by atoms with Crippen LogP contribution in [0.2, 0.25) is 0 Å². The summed E-state index contributed by atoms with van der Waals surface area (Å²) in [5, 5.41) is 7.72. The van der Waals surface area contributed by atoms with Gasteiger partial charge in [-0.2, -0.15) is 4.31 Å². The summed E-state index contributed by atoms with van der Waals surface area (Å²) in [6.07, 6.45) is 3.09. The molecule has 0 saturated carbocycles. The molecule has 2 N–H and O–H groups in total. The molecule has 0 aliphatic carbocycles. The summed E-state index contributed by atoms with van der Waals surface area (Å²) in [4.78, 5) is 3.99. The van der Waals surface area contributed by atoms with Gasteiger partial charge in [0.2, 0.25) is 0 Å². The van der Waals surface area contributed by atoms with Crippen molar-refractivity contribution in [3.63, 3.8) is 0 Å². The van der Waals surface area contributed by atoms with Crippen LogP contribution >= 0.6 is 0 Å². The Morgan fingerprint density at radius 2 is 2.15 bits per heavy atom. The second-order valence-corrected chi connectivity index (χ2v) is 6.37. The van der Waals surface area contributed by atoms with Crippen LogP contribution in [0.25, 0.3) is 0 Å². The predicted molar refractivity (Wildman–Crippen MR) is 69.7 cm³/mol. The smallest absolute Gasteiger partial charge is 0.260 e. The fourth-order valence-corrected chi connectivity index (χ4v) is 3.36. The number of hydrogen-bond acceptors (Lipinski definition) is 6. The standard InChI is InChI=1S/C11H14N6O2S/c12-5-9-1-2-11(13-6-9)20(18,19)17-4-3-16-8-14-15-10(16)7-17/h1-2,6,8H,3-5,7,12H2. The zero-order valence-corrected chi connectivity index (χ0v) is 11.5. The molecule has 1 aliphatic heterocycles. The maximum absolute atomic E-state index is 12.5. The Balaban J connectivity index is 1.88. The van der Waals surface area contributed by atoms with E-state index >= 15 is 0 Å². The number of hydrogen-bond donors (Lipinski definition) is 1. The highest BCUT2D eigenvalue weighted by molar-refractivity contribution is 7.89. The molecular weight excluding hydrogens is 280 g/mol. The molecule has 0 fully saturated rings. The fourth-order valence-electron chi connectivity index (χ4n) is 2.07. The van der Waals surface area contributed by atoms with Gasteiger partial charge in [-0.1, -0.05) is 6.07 Å². The SMILES string of the molecule is NCc1ccc(S(=O)(=O)N2CCn3cnnc3C2)nc1. The van der Waals surface area contributed by atoms with Crippen LogP contribution in [0.1, 0.15) is 11.4 Å². The van der Waals surface area contributed by atoms with Crippen molar-refractivity contribution in [2.24, 2.45) is 5.73 Å². The van der Waals surface area contributed by atoms with Gasteiger partial charge in [0.05, 0.1) is 6.54 Å². The second kappa shape index (κ2) is 4.93. The maximum atomic E-state index is 12.5. The van der Waals surface area contributed by atoms with Crippen molar-refractivity contribution < 1.29 is 8.42 Å². The first-order valence-corrected chi connectivity index (χ1v) is 7.57. The van der Waals surface area contributed by atoms with Gasteiger partial charge in [-0.05, 0) is 11.6 Å². The highest BCUT2D eigenvalue weighted by Crippen LogP contribution is 2.19. The molecule has 8 nitrogen and oxygen atoms in total. The van der Waals surface area contributed by atoms with Crippen LogP contribution in [0.15, 0.2) is 29.7 Å². The van der Waals surface area contributed by atoms with E-state index in [4.69, 9.17) is 5.73 Å². The lowest BCUT2D eigenvalue weighted by atomic mass is 10.3. The van der Waals surface area contributed by atoms with Gasteiger partial charge in [-0.3, -0.25) is 0 Å². The maximum Gasteiger partial charge on any atom is 0.260 e. The highest BCUT2D eigenvalue weighted by Gasteiger charge is 2.30. The van der Waals surface area contributed by atoms with Crippen molar-refractivity contribution in [2.75, 3.05) is 6.54 Å². The zero-order valence-electron chi connectivity index (χ0n) is 10.7. The molecule has 0 aromatic carbocycles. The highest BCUT2D eigenvalue weighted by atomic mass is 32.2. The van der Waals surface area contributed by atoms with E-state index in [1.807, 2.05) is 4.57 Å². The minimum Gasteiger partial charge on any atom is -0.326 e. The van der Waals surface area contributed by atoms with Gasteiger partial charge >= 0.3 is 0 Å². The molecule has 20 heavy (non-hydrogen) atoms. The van der Waals surface area contributed by atoms with Crippen LogP contribution in [0.4, 0.5) is 0 Å². The number of fused-ring (bicyclic) bond motifs is 1. The molecule has 0 bridgehead atoms. The van der Waals surface area contributed by atoms with Gasteiger partial charge in [0.1, 0.15) is 12.2 Å². The molecule has 1 aliphatic rings. The van der Waals surface area contributed by atoms with Crippen LogP contribution in [-0.2, 0) is 29.7 Å². The summed E-state index contributed by atoms with van der Waals surface area (Å²) in [6.45, 7) is 1.47. The monoisotopic (exact) mass is 294 g/mol. The molecule has 0 unspecified atom stereocenters. The second-order valence-electron chi connectivity index (χ2n) is 4.49. The zero-order chi connectivity index (χ0) is 14.2. The van der Waals surface area contributed by atoms with Crippen molar-refractivity contribution in [1.29, 1.82) is 0 Å². The molecule has 3 rings (SSSR count). The van der Waals surface area contributed by atoms with E-state index in [2.05, 4.69) is 15.2 Å². The number of nitrogens with zero attached hydrogens (tertiary/aromatic N) is 5. The molecule has 0 amide bonds. The molecule has 0 spiro atoms. The lowest BCUT2D eigenvalue weighted by molar-refractivity contribution is 0.334. The van der Waals surface area contributed by atoms with E-state index in [1.54, 1.807) is 12.4 Å². The minimum absolute atomic E-state index is 0.0302. The molecule has 3 heterocycles. The first kappa shape index (κ1) is 13.2. The Morgan fingerprint density at radius 3 is 2.85 bits per heavy atom. The van der Waals surface area contributed by atoms with E-state index < -0.39 is 10.0 Å². The Hall–Kier alpha value is -1.84. The van der Waals surface area contributed by atoms with E-state index in [0.717, 1.165) is 5.56 Å². The van der Waals surface area contributed by atoms with E-state index in [0.29, 0.717) is 25.5 Å². The molecule has 0 saturated heterocycles. The third-order valence-corrected chi connectivity index (χ3v) is 5.00. The lowest BCUT2D eigenvalue weighted by Gasteiger charge is -2.25. The van der Waals surface area contributed by atoms with Gasteiger partial charge < -0.3 is 10.3 Å². The Kier molecular flexibility index (Phi) is 3.24. The summed E-state index contributed by atoms with van der Waals surface area (Å²) < 4.78 is 28.2. The third kappa shape index (κ3) is 2.19. The number of aromatic nitrogens is 4. The molecule has 0 atom stereocenters. The Labute approximate surface area is 116 Å². The summed E-state index contributed by atoms with van der Waals surface area (Å²) >= 11 is 0. The number of nitrogens with two attached hydrogens (primary N) is 1. The van der Waals surface area contributed by atoms with E-state index in [1.165, 1.54) is 16.6 Å². The number of sulfonamides is 1. The van der Waals surface area contributed by atoms with Gasteiger partial charge in [0, 0.05) is 25.8 Å². The van der Waals surface area contributed by atoms with Crippen molar-refractivity contribution >= 4 is 10.0 Å². The predicted octanol–water partition coefficient (Wildman–Crippen LogP) is -0.664. The van der Waals surface area contributed by atoms with Gasteiger partial charge in [-0.15, -0.1) is 10.2 Å². The molecule has 106 valence electrons. The fraction of sp³-hybridized carbons (Fsp3) is 0.364. The van der Waals surface area contributed by atoms with Crippen LogP contribution in [0.3, 0.4) is 0 Å². The van der Waals surface area contributed by atoms with Crippen molar-refractivity contribution in [2.45, 2.75) is 24.7 Å². The quantitative estimate of drug-likeness (QED) is 0.805. The molecule has 0 radical (unpaired) electrons. The summed E-state index contributed by atoms with van der Waals surface area (Å²) in [5.74, 6) is 0.637. The van der Waals surface area contributed by atoms with Crippen LogP contribution in [-0.4, -0.2) is 39.0 Å². The molecule has 2 aromatic heterocycles. The lowest BCUT2D eigenvalue weighted by Crippen LogP contribution is -2.38. The van der Waals surface area contributed by atoms with Gasteiger partial charge in [-0.25, -0.2) is 13.4 Å². The number of pyridine rings is 1. The Bertz CT molecular complexity index is 709. The summed E-state index contributed by atoms with van der Waals surface area (Å²) in [5.41, 5.74) is 6.27. The molecule has 9 heteroatoms. The number of rotatable bonds is 3. The summed E-state index contributed by atoms with van der Waals surface area (Å²) in [7, 11) is -3.61. The van der Waals surface area contributed by atoms with E-state index in [9.17, 15) is 8.42 Å². The van der Waals surface area contributed by atoms with Gasteiger partial charge in [0.15, 0.2) is 5.03 Å². The van der Waals surface area contributed by atoms with E-state index in [-0.39, 0.29) is 11.6 Å². The van der Waals surface area contributed by atoms with Gasteiger partial charge in [0.25, 0.3) is 10.0 Å². The first-order chi connectivity index (χ1) is 9.61. The largest absolute Gasteiger partial charge is 0.326 e. The topological polar surface area (TPSA) is 107 Å². The Morgan fingerprint density at radius 1 is 1.30 bits per heavy atom. The van der Waals surface area contributed by atoms with Crippen molar-refractivity contribution in [3.05, 3.63) is 36.0 Å². The van der Waals surface area contributed by atoms with Crippen LogP contribution in [0, 0.1) is 0 Å². The molecule has 2 aromatic rings. The third-order valence-electron chi connectivity index (χ3n) is 3.24. The van der Waals surface area contributed by atoms with Crippen molar-refractivity contribution in [1.82, 2.24) is 24.1 Å². The molecular formula is C11H14N6O2S. The summed E-state index contributed by atoms with van der Waals surface area (Å²) in [6, 6.07) is 3.16. The van der Waals surface area contributed by atoms with Crippen molar-refractivity contribution in [3.8, 4) is 0 Å². The minimum atomic E-state index is -3.61. The normalized spacial score (nSPS) is 16.1. The average molecular weight is 294 g/mol. The van der Waals surface area contributed by atoms with Crippen LogP contribution < -0.4 is 5.73 Å². The first-order valence-electron chi connectivity index (χ1n) is 6.13. The van der Waals surface area contributed by atoms with Crippen LogP contribution in [0.5, 0.6) is 0 Å². The average Bonchev–Trinajstić information content (AvgIpc) is 2.94.